The van der Waals surface area contributed by atoms with E-state index < -0.39 is 18.3 Å². The van der Waals surface area contributed by atoms with Crippen LogP contribution >= 0.6 is 0 Å². The van der Waals surface area contributed by atoms with Crippen LogP contribution in [0.25, 0.3) is 0 Å². The molecule has 0 spiro atoms. The predicted octanol–water partition coefficient (Wildman–Crippen LogP) is 0.876. The Morgan fingerprint density at radius 1 is 1.40 bits per heavy atom. The summed E-state index contributed by atoms with van der Waals surface area (Å²) in [6.45, 7) is 7.32. The highest BCUT2D eigenvalue weighted by atomic mass is 16.6. The Bertz CT molecular complexity index is 255. The van der Waals surface area contributed by atoms with E-state index in [0.717, 1.165) is 6.42 Å². The van der Waals surface area contributed by atoms with E-state index in [1.165, 1.54) is 0 Å². The first-order valence-electron chi connectivity index (χ1n) is 5.15. The Kier molecular flexibility index (Phi) is 3.48. The van der Waals surface area contributed by atoms with Gasteiger partial charge in [-0.3, -0.25) is 0 Å². The van der Waals surface area contributed by atoms with Crippen molar-refractivity contribution in [1.29, 1.82) is 0 Å². The van der Waals surface area contributed by atoms with Crippen LogP contribution in [0, 0.1) is 0 Å². The van der Waals surface area contributed by atoms with E-state index in [-0.39, 0.29) is 0 Å². The summed E-state index contributed by atoms with van der Waals surface area (Å²) >= 11 is 0. The van der Waals surface area contributed by atoms with Crippen molar-refractivity contribution in [2.45, 2.75) is 45.3 Å². The molecule has 15 heavy (non-hydrogen) atoms. The Morgan fingerprint density at radius 3 is 2.40 bits per heavy atom. The fourth-order valence-corrected chi connectivity index (χ4v) is 1.09. The molecule has 0 amide bonds. The lowest BCUT2D eigenvalue weighted by Crippen LogP contribution is -2.50. The molecule has 1 aliphatic heterocycles. The van der Waals surface area contributed by atoms with Crippen LogP contribution in [0.4, 0.5) is 0 Å². The first kappa shape index (κ1) is 12.6. The van der Waals surface area contributed by atoms with Crippen LogP contribution in [0.1, 0.15) is 34.1 Å². The van der Waals surface area contributed by atoms with Crippen LogP contribution < -0.4 is 0 Å². The third-order valence-electron chi connectivity index (χ3n) is 2.86. The second kappa shape index (κ2) is 4.16. The number of ether oxygens (including phenoxy) is 1. The highest BCUT2D eigenvalue weighted by Gasteiger charge is 2.41. The molecule has 1 aliphatic rings. The molecule has 1 heterocycles. The third kappa shape index (κ3) is 2.97. The largest absolute Gasteiger partial charge is 0.528 e. The summed E-state index contributed by atoms with van der Waals surface area (Å²) in [6, 6.07) is 0. The van der Waals surface area contributed by atoms with Crippen molar-refractivity contribution in [3.05, 3.63) is 11.7 Å². The molecule has 1 rings (SSSR count). The molecule has 5 heteroatoms. The number of aliphatic hydroxyl groups is 1. The minimum Gasteiger partial charge on any atom is -0.501 e. The Morgan fingerprint density at radius 2 is 2.00 bits per heavy atom. The second-order valence-corrected chi connectivity index (χ2v) is 4.78. The summed E-state index contributed by atoms with van der Waals surface area (Å²) in [5.74, 6) is 0. The summed E-state index contributed by atoms with van der Waals surface area (Å²) in [5.41, 5.74) is -1.45. The van der Waals surface area contributed by atoms with Crippen LogP contribution in [0.2, 0.25) is 0 Å². The molecule has 2 N–H and O–H groups in total. The van der Waals surface area contributed by atoms with Crippen LogP contribution in [0.5, 0.6) is 0 Å². The average Bonchev–Trinajstić information content (AvgIpc) is 2.51. The van der Waals surface area contributed by atoms with Crippen molar-refractivity contribution in [2.24, 2.45) is 0 Å². The fraction of sp³-hybridized carbons (Fsp3) is 0.800. The molecule has 0 saturated heterocycles. The van der Waals surface area contributed by atoms with Gasteiger partial charge < -0.3 is 19.5 Å². The maximum absolute atomic E-state index is 9.84. The molecule has 0 atom stereocenters. The van der Waals surface area contributed by atoms with E-state index in [4.69, 9.17) is 9.39 Å². The molecule has 0 radical (unpaired) electrons. The number of hydrogen-bond acceptors (Lipinski definition) is 4. The minimum absolute atomic E-state index is 0.437. The lowest BCUT2D eigenvalue weighted by atomic mass is 9.81. The van der Waals surface area contributed by atoms with Gasteiger partial charge in [-0.1, -0.05) is 0 Å². The van der Waals surface area contributed by atoms with E-state index >= 15 is 0 Å². The quantitative estimate of drug-likeness (QED) is 0.682. The van der Waals surface area contributed by atoms with E-state index in [0.29, 0.717) is 12.3 Å². The molecule has 0 aromatic heterocycles. The molecule has 0 aliphatic carbocycles. The predicted molar refractivity (Wildman–Crippen MR) is 58.1 cm³/mol. The summed E-state index contributed by atoms with van der Waals surface area (Å²) in [7, 11) is -1.10. The van der Waals surface area contributed by atoms with Gasteiger partial charge in [0.1, 0.15) is 5.66 Å². The van der Waals surface area contributed by atoms with Gasteiger partial charge in [-0.05, 0) is 33.8 Å². The average molecular weight is 214 g/mol. The van der Waals surface area contributed by atoms with Gasteiger partial charge in [-0.2, -0.15) is 0 Å². The smallest absolute Gasteiger partial charge is 0.501 e. The maximum atomic E-state index is 9.84. The van der Waals surface area contributed by atoms with E-state index in [1.807, 2.05) is 0 Å². The lowest BCUT2D eigenvalue weighted by Gasteiger charge is -2.38. The highest BCUT2D eigenvalue weighted by molar-refractivity contribution is 6.51. The maximum Gasteiger partial charge on any atom is 0.528 e. The van der Waals surface area contributed by atoms with Crippen molar-refractivity contribution in [3.63, 3.8) is 0 Å². The van der Waals surface area contributed by atoms with Gasteiger partial charge in [0.05, 0.1) is 17.8 Å². The van der Waals surface area contributed by atoms with E-state index in [9.17, 15) is 10.1 Å². The summed E-state index contributed by atoms with van der Waals surface area (Å²) < 4.78 is 10.6. The molecule has 0 unspecified atom stereocenters. The van der Waals surface area contributed by atoms with Gasteiger partial charge in [0.25, 0.3) is 0 Å². The second-order valence-electron chi connectivity index (χ2n) is 4.78. The third-order valence-corrected chi connectivity index (χ3v) is 2.86. The Labute approximate surface area is 91.0 Å². The number of hydrogen-bond donors (Lipinski definition) is 2. The van der Waals surface area contributed by atoms with Crippen LogP contribution in [-0.2, 0) is 9.39 Å². The van der Waals surface area contributed by atoms with Gasteiger partial charge in [0, 0.05) is 6.42 Å². The summed E-state index contributed by atoms with van der Waals surface area (Å²) in [5, 5.41) is 19.6. The van der Waals surface area contributed by atoms with Crippen molar-refractivity contribution >= 4 is 7.12 Å². The SMILES string of the molecule is CC(C)(O)C(C)(C)OB(O)C1=CCCO1. The fourth-order valence-electron chi connectivity index (χ4n) is 1.09. The van der Waals surface area contributed by atoms with Crippen molar-refractivity contribution in [2.75, 3.05) is 6.61 Å². The van der Waals surface area contributed by atoms with Gasteiger partial charge in [0.15, 0.2) is 0 Å². The first-order valence-corrected chi connectivity index (χ1v) is 5.15. The van der Waals surface area contributed by atoms with E-state index in [1.54, 1.807) is 33.8 Å². The molecule has 0 aromatic carbocycles. The zero-order valence-electron chi connectivity index (χ0n) is 9.78. The first-order chi connectivity index (χ1) is 6.74. The highest BCUT2D eigenvalue weighted by Crippen LogP contribution is 2.27. The standard InChI is InChI=1S/C10H19BO4/c1-9(2,12)10(3,4)15-11(13)8-6-5-7-14-8/h6,12-13H,5,7H2,1-4H3. The lowest BCUT2D eigenvalue weighted by molar-refractivity contribution is -0.100. The zero-order chi connectivity index (χ0) is 11.7. The van der Waals surface area contributed by atoms with Gasteiger partial charge in [0.2, 0.25) is 0 Å². The molecule has 86 valence electrons. The minimum atomic E-state index is -1.10. The van der Waals surface area contributed by atoms with Crippen LogP contribution in [-0.4, -0.2) is 35.1 Å². The summed E-state index contributed by atoms with van der Waals surface area (Å²) in [4.78, 5) is 0. The van der Waals surface area contributed by atoms with Crippen LogP contribution in [0.3, 0.4) is 0 Å². The van der Waals surface area contributed by atoms with Crippen molar-refractivity contribution in [1.82, 2.24) is 0 Å². The zero-order valence-corrected chi connectivity index (χ0v) is 9.78. The summed E-state index contributed by atoms with van der Waals surface area (Å²) in [6.07, 6.45) is 2.59. The molecule has 0 aromatic rings. The van der Waals surface area contributed by atoms with Gasteiger partial charge >= 0.3 is 7.12 Å². The van der Waals surface area contributed by atoms with Gasteiger partial charge in [-0.15, -0.1) is 0 Å². The topological polar surface area (TPSA) is 58.9 Å². The number of rotatable bonds is 4. The van der Waals surface area contributed by atoms with Crippen LogP contribution in [0.15, 0.2) is 11.7 Å². The molecule has 0 saturated carbocycles. The molecule has 4 nitrogen and oxygen atoms in total. The van der Waals surface area contributed by atoms with Crippen molar-refractivity contribution in [3.8, 4) is 0 Å². The van der Waals surface area contributed by atoms with E-state index in [2.05, 4.69) is 0 Å². The Hall–Kier alpha value is -0.515. The molecule has 0 fully saturated rings. The molecule has 0 bridgehead atoms. The molecular formula is C10H19BO4. The van der Waals surface area contributed by atoms with Crippen molar-refractivity contribution < 1.29 is 19.5 Å². The van der Waals surface area contributed by atoms with Gasteiger partial charge in [-0.25, -0.2) is 0 Å². The Balaban J connectivity index is 2.61. The monoisotopic (exact) mass is 214 g/mol. The normalized spacial score (nSPS) is 17.3. The molecular weight excluding hydrogens is 195 g/mol.